The molecule has 1 aromatic heterocycles. The van der Waals surface area contributed by atoms with Crippen molar-refractivity contribution in [1.82, 2.24) is 10.3 Å². The highest BCUT2D eigenvalue weighted by Gasteiger charge is 2.45. The molecule has 3 heterocycles. The summed E-state index contributed by atoms with van der Waals surface area (Å²) < 4.78 is 47.0. The molecule has 2 atom stereocenters. The summed E-state index contributed by atoms with van der Waals surface area (Å²) in [6.07, 6.45) is -3.61. The maximum atomic E-state index is 13.9. The van der Waals surface area contributed by atoms with Crippen molar-refractivity contribution in [2.45, 2.75) is 31.5 Å². The van der Waals surface area contributed by atoms with Crippen LogP contribution in [-0.2, 0) is 6.18 Å². The summed E-state index contributed by atoms with van der Waals surface area (Å²) in [7, 11) is 3.26. The fourth-order valence-corrected chi connectivity index (χ4v) is 4.35. The molecule has 2 unspecified atom stereocenters. The molecule has 0 radical (unpaired) electrons. The number of rotatable bonds is 3. The Balaban J connectivity index is 1.81. The van der Waals surface area contributed by atoms with E-state index in [4.69, 9.17) is 4.74 Å². The van der Waals surface area contributed by atoms with Gasteiger partial charge in [0.15, 0.2) is 0 Å². The molecule has 4 rings (SSSR count). The minimum absolute atomic E-state index is 0.0367. The predicted molar refractivity (Wildman–Crippen MR) is 103 cm³/mol. The molecular weight excluding hydrogens is 369 g/mol. The quantitative estimate of drug-likeness (QED) is 0.825. The molecule has 2 aliphatic heterocycles. The molecular formula is C20H23F3N4O. The van der Waals surface area contributed by atoms with Crippen LogP contribution in [0.25, 0.3) is 0 Å². The number of piperidine rings is 1. The number of likely N-dealkylation sites (N-methyl/N-ethyl adjacent to an activating group) is 1. The van der Waals surface area contributed by atoms with Gasteiger partial charge < -0.3 is 20.3 Å². The van der Waals surface area contributed by atoms with Crippen LogP contribution in [0.3, 0.4) is 0 Å². The summed E-state index contributed by atoms with van der Waals surface area (Å²) in [5.74, 6) is 0.387. The van der Waals surface area contributed by atoms with Crippen LogP contribution >= 0.6 is 0 Å². The van der Waals surface area contributed by atoms with Gasteiger partial charge in [-0.2, -0.15) is 13.2 Å². The number of nitrogens with zero attached hydrogens (tertiary/aromatic N) is 2. The Morgan fingerprint density at radius 2 is 2.07 bits per heavy atom. The van der Waals surface area contributed by atoms with E-state index < -0.39 is 11.7 Å². The van der Waals surface area contributed by atoms with Crippen molar-refractivity contribution < 1.29 is 17.9 Å². The third-order valence-electron chi connectivity index (χ3n) is 5.61. The number of halogens is 3. The van der Waals surface area contributed by atoms with Crippen LogP contribution in [0.5, 0.6) is 5.88 Å². The maximum Gasteiger partial charge on any atom is 0.418 e. The van der Waals surface area contributed by atoms with E-state index in [-0.39, 0.29) is 12.0 Å². The van der Waals surface area contributed by atoms with Gasteiger partial charge in [-0.3, -0.25) is 0 Å². The molecule has 0 saturated carbocycles. The summed E-state index contributed by atoms with van der Waals surface area (Å²) in [4.78, 5) is 6.09. The van der Waals surface area contributed by atoms with Crippen molar-refractivity contribution >= 4 is 17.1 Å². The van der Waals surface area contributed by atoms with Crippen molar-refractivity contribution in [3.63, 3.8) is 0 Å². The third kappa shape index (κ3) is 3.15. The predicted octanol–water partition coefficient (Wildman–Crippen LogP) is 4.06. The third-order valence-corrected chi connectivity index (χ3v) is 5.61. The van der Waals surface area contributed by atoms with Gasteiger partial charge in [-0.25, -0.2) is 4.98 Å². The van der Waals surface area contributed by atoms with E-state index in [1.54, 1.807) is 19.2 Å². The number of aromatic nitrogens is 1. The second kappa shape index (κ2) is 6.84. The number of nitrogens with one attached hydrogen (secondary N) is 2. The molecule has 28 heavy (non-hydrogen) atoms. The summed E-state index contributed by atoms with van der Waals surface area (Å²) in [6.45, 7) is 3.33. The second-order valence-corrected chi connectivity index (χ2v) is 7.37. The van der Waals surface area contributed by atoms with Gasteiger partial charge in [0.2, 0.25) is 5.88 Å². The van der Waals surface area contributed by atoms with Gasteiger partial charge in [-0.1, -0.05) is 0 Å². The maximum absolute atomic E-state index is 13.9. The molecule has 1 fully saturated rings. The van der Waals surface area contributed by atoms with Crippen molar-refractivity contribution in [1.29, 1.82) is 0 Å². The standard InChI is InChI=1S/C20H23F3N4O/c1-11-4-5-16(19(25-11)28-3)26-12-8-13-14-10-24-7-6-17(14)27(2)18(13)15(9-12)20(21,22)23/h4-5,8-9,14,17,24,26H,6-7,10H2,1-3H3. The number of pyridine rings is 1. The zero-order chi connectivity index (χ0) is 20.1. The molecule has 1 aromatic carbocycles. The summed E-state index contributed by atoms with van der Waals surface area (Å²) in [5.41, 5.74) is 2.11. The number of benzene rings is 1. The number of alkyl halides is 3. The summed E-state index contributed by atoms with van der Waals surface area (Å²) in [6, 6.07) is 6.65. The van der Waals surface area contributed by atoms with Gasteiger partial charge in [-0.05, 0) is 49.7 Å². The first kappa shape index (κ1) is 18.9. The number of ether oxygens (including phenoxy) is 1. The zero-order valence-electron chi connectivity index (χ0n) is 16.0. The van der Waals surface area contributed by atoms with Crippen molar-refractivity contribution in [2.75, 3.05) is 37.5 Å². The number of fused-ring (bicyclic) bond motifs is 3. The Hall–Kier alpha value is -2.48. The van der Waals surface area contributed by atoms with E-state index in [9.17, 15) is 13.2 Å². The van der Waals surface area contributed by atoms with Gasteiger partial charge in [0.25, 0.3) is 0 Å². The van der Waals surface area contributed by atoms with Crippen LogP contribution in [0, 0.1) is 6.92 Å². The van der Waals surface area contributed by atoms with Gasteiger partial charge in [0.05, 0.1) is 18.4 Å². The number of aryl methyl sites for hydroxylation is 1. The summed E-state index contributed by atoms with van der Waals surface area (Å²) >= 11 is 0. The van der Waals surface area contributed by atoms with E-state index in [1.807, 2.05) is 17.9 Å². The lowest BCUT2D eigenvalue weighted by molar-refractivity contribution is -0.137. The van der Waals surface area contributed by atoms with Crippen molar-refractivity contribution in [2.24, 2.45) is 0 Å². The van der Waals surface area contributed by atoms with E-state index in [1.165, 1.54) is 13.2 Å². The van der Waals surface area contributed by atoms with Crippen LogP contribution in [0.1, 0.15) is 29.2 Å². The fraction of sp³-hybridized carbons (Fsp3) is 0.450. The van der Waals surface area contributed by atoms with E-state index in [2.05, 4.69) is 15.6 Å². The smallest absolute Gasteiger partial charge is 0.418 e. The van der Waals surface area contributed by atoms with E-state index >= 15 is 0 Å². The molecule has 0 amide bonds. The molecule has 0 spiro atoms. The first-order chi connectivity index (χ1) is 13.3. The van der Waals surface area contributed by atoms with Crippen LogP contribution in [0.2, 0.25) is 0 Å². The number of hydrogen-bond donors (Lipinski definition) is 2. The fourth-order valence-electron chi connectivity index (χ4n) is 4.35. The topological polar surface area (TPSA) is 49.4 Å². The first-order valence-electron chi connectivity index (χ1n) is 9.27. The monoisotopic (exact) mass is 392 g/mol. The van der Waals surface area contributed by atoms with Gasteiger partial charge >= 0.3 is 6.18 Å². The number of methoxy groups -OCH3 is 1. The molecule has 8 heteroatoms. The normalized spacial score (nSPS) is 21.3. The van der Waals surface area contributed by atoms with Crippen molar-refractivity contribution in [3.05, 3.63) is 41.1 Å². The molecule has 2 N–H and O–H groups in total. The zero-order valence-corrected chi connectivity index (χ0v) is 16.0. The van der Waals surface area contributed by atoms with Crippen LogP contribution in [0.15, 0.2) is 24.3 Å². The molecule has 0 bridgehead atoms. The number of anilines is 3. The lowest BCUT2D eigenvalue weighted by Gasteiger charge is -2.31. The Labute approximate surface area is 161 Å². The molecule has 0 aliphatic carbocycles. The molecule has 1 saturated heterocycles. The van der Waals surface area contributed by atoms with Gasteiger partial charge in [0, 0.05) is 36.9 Å². The lowest BCUT2D eigenvalue weighted by atomic mass is 9.89. The van der Waals surface area contributed by atoms with E-state index in [0.717, 1.165) is 24.2 Å². The largest absolute Gasteiger partial charge is 0.480 e. The van der Waals surface area contributed by atoms with Crippen LogP contribution < -0.4 is 20.3 Å². The summed E-state index contributed by atoms with van der Waals surface area (Å²) in [5, 5.41) is 6.39. The Morgan fingerprint density at radius 3 is 2.79 bits per heavy atom. The average Bonchev–Trinajstić information content (AvgIpc) is 2.95. The molecule has 2 aromatic rings. The minimum Gasteiger partial charge on any atom is -0.480 e. The van der Waals surface area contributed by atoms with Gasteiger partial charge in [0.1, 0.15) is 5.69 Å². The van der Waals surface area contributed by atoms with Crippen LogP contribution in [-0.4, -0.2) is 38.3 Å². The lowest BCUT2D eigenvalue weighted by Crippen LogP contribution is -2.42. The Bertz CT molecular complexity index is 900. The Kier molecular flexibility index (Phi) is 4.61. The Morgan fingerprint density at radius 1 is 1.29 bits per heavy atom. The molecule has 2 aliphatic rings. The highest BCUT2D eigenvalue weighted by atomic mass is 19.4. The number of hydrogen-bond acceptors (Lipinski definition) is 5. The SMILES string of the molecule is COc1nc(C)ccc1Nc1cc2c(c(C(F)(F)F)c1)N(C)C1CCNCC21. The highest BCUT2D eigenvalue weighted by Crippen LogP contribution is 2.50. The van der Waals surface area contributed by atoms with Gasteiger partial charge in [-0.15, -0.1) is 0 Å². The highest BCUT2D eigenvalue weighted by molar-refractivity contribution is 5.75. The minimum atomic E-state index is -4.44. The first-order valence-corrected chi connectivity index (χ1v) is 9.27. The molecule has 5 nitrogen and oxygen atoms in total. The van der Waals surface area contributed by atoms with E-state index in [0.29, 0.717) is 29.5 Å². The second-order valence-electron chi connectivity index (χ2n) is 7.37. The van der Waals surface area contributed by atoms with Crippen LogP contribution in [0.4, 0.5) is 30.2 Å². The van der Waals surface area contributed by atoms with Crippen molar-refractivity contribution in [3.8, 4) is 5.88 Å². The molecule has 150 valence electrons. The average molecular weight is 392 g/mol.